The van der Waals surface area contributed by atoms with E-state index in [1.807, 2.05) is 49.5 Å². The highest BCUT2D eigenvalue weighted by Crippen LogP contribution is 2.37. The van der Waals surface area contributed by atoms with Crippen LogP contribution >= 0.6 is 11.6 Å². The van der Waals surface area contributed by atoms with E-state index in [-0.39, 0.29) is 12.4 Å². The van der Waals surface area contributed by atoms with Crippen LogP contribution in [0.3, 0.4) is 0 Å². The molecule has 0 aliphatic rings. The molecule has 0 aliphatic heterocycles. The molecule has 128 valence electrons. The van der Waals surface area contributed by atoms with Gasteiger partial charge in [0.25, 0.3) is 0 Å². The maximum Gasteiger partial charge on any atom is 0.164 e. The molecular formula is C20H19ClN2O2. The van der Waals surface area contributed by atoms with Crippen LogP contribution in [-0.2, 0) is 0 Å². The number of rotatable bonds is 5. The number of aromatic nitrogens is 1. The van der Waals surface area contributed by atoms with Crippen molar-refractivity contribution >= 4 is 34.1 Å². The number of Topliss-reactive ketones (excluding diaryl/α,β-unsaturated/α-hetero) is 1. The normalized spacial score (nSPS) is 10.9. The zero-order valence-electron chi connectivity index (χ0n) is 14.2. The molecule has 0 saturated carbocycles. The second-order valence-electron chi connectivity index (χ2n) is 5.91. The first-order valence-electron chi connectivity index (χ1n) is 8.04. The number of hydrogen-bond donors (Lipinski definition) is 1. The lowest BCUT2D eigenvalue weighted by molar-refractivity contribution is 0.101. The molecule has 0 aliphatic carbocycles. The average Bonchev–Trinajstić information content (AvgIpc) is 2.61. The van der Waals surface area contributed by atoms with Gasteiger partial charge in [0, 0.05) is 29.6 Å². The third-order valence-corrected chi connectivity index (χ3v) is 4.37. The summed E-state index contributed by atoms with van der Waals surface area (Å²) in [6.45, 7) is 1.91. The highest BCUT2D eigenvalue weighted by molar-refractivity contribution is 6.31. The van der Waals surface area contributed by atoms with Gasteiger partial charge in [0.15, 0.2) is 5.78 Å². The zero-order valence-corrected chi connectivity index (χ0v) is 14.9. The van der Waals surface area contributed by atoms with Crippen LogP contribution in [0.15, 0.2) is 48.5 Å². The van der Waals surface area contributed by atoms with E-state index in [0.29, 0.717) is 22.9 Å². The Morgan fingerprint density at radius 1 is 1.20 bits per heavy atom. The number of anilines is 1. The average molecular weight is 355 g/mol. The van der Waals surface area contributed by atoms with Gasteiger partial charge >= 0.3 is 0 Å². The monoisotopic (exact) mass is 354 g/mol. The molecule has 0 unspecified atom stereocenters. The van der Waals surface area contributed by atoms with E-state index < -0.39 is 0 Å². The van der Waals surface area contributed by atoms with Crippen molar-refractivity contribution in [2.45, 2.75) is 6.92 Å². The Morgan fingerprint density at radius 2 is 1.92 bits per heavy atom. The summed E-state index contributed by atoms with van der Waals surface area (Å²) in [7, 11) is 1.82. The van der Waals surface area contributed by atoms with E-state index in [1.165, 1.54) is 6.92 Å². The van der Waals surface area contributed by atoms with Crippen LogP contribution in [0, 0.1) is 0 Å². The number of carbonyl (C=O) groups excluding carboxylic acids is 1. The minimum atomic E-state index is -0.0759. The van der Waals surface area contributed by atoms with Crippen LogP contribution in [0.25, 0.3) is 22.0 Å². The number of aliphatic hydroxyl groups is 1. The van der Waals surface area contributed by atoms with Gasteiger partial charge in [0.1, 0.15) is 5.82 Å². The molecule has 0 saturated heterocycles. The molecule has 4 nitrogen and oxygen atoms in total. The lowest BCUT2D eigenvalue weighted by Crippen LogP contribution is -2.25. The fraction of sp³-hybridized carbons (Fsp3) is 0.200. The maximum absolute atomic E-state index is 12.5. The van der Waals surface area contributed by atoms with E-state index in [2.05, 4.69) is 4.98 Å². The summed E-state index contributed by atoms with van der Waals surface area (Å²) in [5, 5.41) is 10.7. The highest BCUT2D eigenvalue weighted by atomic mass is 35.5. The number of likely N-dealkylation sites (N-methyl/N-ethyl adjacent to an activating group) is 1. The Kier molecular flexibility index (Phi) is 5.02. The molecule has 3 aromatic rings. The van der Waals surface area contributed by atoms with Gasteiger partial charge in [-0.3, -0.25) is 4.79 Å². The van der Waals surface area contributed by atoms with E-state index in [0.717, 1.165) is 22.0 Å². The van der Waals surface area contributed by atoms with E-state index in [1.54, 1.807) is 11.0 Å². The molecule has 25 heavy (non-hydrogen) atoms. The van der Waals surface area contributed by atoms with Crippen LogP contribution in [0.4, 0.5) is 5.82 Å². The van der Waals surface area contributed by atoms with Gasteiger partial charge in [-0.1, -0.05) is 41.9 Å². The second-order valence-corrected chi connectivity index (χ2v) is 6.35. The molecule has 5 heteroatoms. The number of hydrogen-bond acceptors (Lipinski definition) is 4. The van der Waals surface area contributed by atoms with Crippen LogP contribution in [0.1, 0.15) is 17.3 Å². The Hall–Kier alpha value is -2.43. The second kappa shape index (κ2) is 7.21. The standard InChI is InChI=1S/C20H19ClN2O2/c1-13(25)18-19(14-6-4-3-5-7-14)16-12-15(21)8-9-17(16)22-20(18)23(2)10-11-24/h3-9,12,24H,10-11H2,1-2H3. The Balaban J connectivity index is 2.44. The molecule has 0 radical (unpaired) electrons. The molecule has 0 spiro atoms. The zero-order chi connectivity index (χ0) is 18.0. The SMILES string of the molecule is CC(=O)c1c(N(C)CCO)nc2ccc(Cl)cc2c1-c1ccccc1. The number of fused-ring (bicyclic) bond motifs is 1. The summed E-state index contributed by atoms with van der Waals surface area (Å²) >= 11 is 6.21. The van der Waals surface area contributed by atoms with Gasteiger partial charge in [-0.05, 0) is 30.7 Å². The van der Waals surface area contributed by atoms with Crippen molar-refractivity contribution in [2.24, 2.45) is 0 Å². The number of pyridine rings is 1. The molecule has 1 aromatic heterocycles. The minimum Gasteiger partial charge on any atom is -0.395 e. The van der Waals surface area contributed by atoms with Gasteiger partial charge in [-0.15, -0.1) is 0 Å². The number of halogens is 1. The molecule has 0 amide bonds. The summed E-state index contributed by atoms with van der Waals surface area (Å²) in [5.41, 5.74) is 3.05. The predicted octanol–water partition coefficient (Wildman–Crippen LogP) is 4.19. The molecule has 1 N–H and O–H groups in total. The number of nitrogens with zero attached hydrogens (tertiary/aromatic N) is 2. The quantitative estimate of drug-likeness (QED) is 0.698. The molecular weight excluding hydrogens is 336 g/mol. The number of aliphatic hydroxyl groups excluding tert-OH is 1. The molecule has 1 heterocycles. The largest absolute Gasteiger partial charge is 0.395 e. The van der Waals surface area contributed by atoms with Gasteiger partial charge < -0.3 is 10.0 Å². The maximum atomic E-state index is 12.5. The summed E-state index contributed by atoms with van der Waals surface area (Å²) in [5.74, 6) is 0.489. The van der Waals surface area contributed by atoms with Crippen molar-refractivity contribution < 1.29 is 9.90 Å². The lowest BCUT2D eigenvalue weighted by Gasteiger charge is -2.23. The summed E-state index contributed by atoms with van der Waals surface area (Å²) < 4.78 is 0. The van der Waals surface area contributed by atoms with Crippen LogP contribution in [0.5, 0.6) is 0 Å². The fourth-order valence-corrected chi connectivity index (χ4v) is 3.16. The Labute approximate surface area is 151 Å². The van der Waals surface area contributed by atoms with Gasteiger partial charge in [-0.25, -0.2) is 4.98 Å². The summed E-state index contributed by atoms with van der Waals surface area (Å²) in [6, 6.07) is 15.2. The van der Waals surface area contributed by atoms with Gasteiger partial charge in [-0.2, -0.15) is 0 Å². The Bertz CT molecular complexity index is 926. The molecule has 2 aromatic carbocycles. The smallest absolute Gasteiger partial charge is 0.164 e. The lowest BCUT2D eigenvalue weighted by atomic mass is 9.93. The first kappa shape index (κ1) is 17.4. The van der Waals surface area contributed by atoms with Crippen LogP contribution in [0.2, 0.25) is 5.02 Å². The fourth-order valence-electron chi connectivity index (χ4n) is 2.99. The minimum absolute atomic E-state index is 0.0190. The molecule has 0 fully saturated rings. The van der Waals surface area contributed by atoms with Crippen LogP contribution in [-0.4, -0.2) is 36.1 Å². The summed E-state index contributed by atoms with van der Waals surface area (Å²) in [6.07, 6.45) is 0. The van der Waals surface area contributed by atoms with Crippen molar-refractivity contribution in [1.29, 1.82) is 0 Å². The van der Waals surface area contributed by atoms with Gasteiger partial charge in [0.2, 0.25) is 0 Å². The van der Waals surface area contributed by atoms with Crippen molar-refractivity contribution in [3.8, 4) is 11.1 Å². The van der Waals surface area contributed by atoms with E-state index in [4.69, 9.17) is 11.6 Å². The summed E-state index contributed by atoms with van der Waals surface area (Å²) in [4.78, 5) is 19.0. The van der Waals surface area contributed by atoms with Crippen molar-refractivity contribution in [3.05, 3.63) is 59.1 Å². The Morgan fingerprint density at radius 3 is 2.56 bits per heavy atom. The van der Waals surface area contributed by atoms with Crippen molar-refractivity contribution in [3.63, 3.8) is 0 Å². The first-order chi connectivity index (χ1) is 12.0. The topological polar surface area (TPSA) is 53.4 Å². The third kappa shape index (κ3) is 3.36. The highest BCUT2D eigenvalue weighted by Gasteiger charge is 2.22. The number of carbonyl (C=O) groups is 1. The van der Waals surface area contributed by atoms with Crippen LogP contribution < -0.4 is 4.90 Å². The number of ketones is 1. The van der Waals surface area contributed by atoms with Crippen molar-refractivity contribution in [1.82, 2.24) is 4.98 Å². The number of benzene rings is 2. The van der Waals surface area contributed by atoms with E-state index >= 15 is 0 Å². The predicted molar refractivity (Wildman–Crippen MR) is 103 cm³/mol. The molecule has 0 bridgehead atoms. The third-order valence-electron chi connectivity index (χ3n) is 4.14. The molecule has 3 rings (SSSR count). The van der Waals surface area contributed by atoms with E-state index in [9.17, 15) is 9.90 Å². The van der Waals surface area contributed by atoms with Crippen molar-refractivity contribution in [2.75, 3.05) is 25.1 Å². The van der Waals surface area contributed by atoms with Gasteiger partial charge in [0.05, 0.1) is 17.7 Å². The molecule has 0 atom stereocenters. The first-order valence-corrected chi connectivity index (χ1v) is 8.42.